The minimum absolute atomic E-state index is 0.821. The topological polar surface area (TPSA) is 0 Å². The van der Waals surface area contributed by atoms with E-state index in [0.717, 1.165) is 11.8 Å². The molecule has 1 heteroatoms. The lowest BCUT2D eigenvalue weighted by atomic mass is 9.66. The summed E-state index contributed by atoms with van der Waals surface area (Å²) in [5, 5.41) is 0. The van der Waals surface area contributed by atoms with Gasteiger partial charge >= 0.3 is 0 Å². The zero-order valence-corrected chi connectivity index (χ0v) is 12.7. The maximum Gasteiger partial charge on any atom is 0.00287 e. The molecule has 0 aromatic heterocycles. The molecule has 0 saturated heterocycles. The third-order valence-electron chi connectivity index (χ3n) is 4.58. The van der Waals surface area contributed by atoms with E-state index in [2.05, 4.69) is 47.1 Å². The summed E-state index contributed by atoms with van der Waals surface area (Å²) < 4.78 is 1.50. The van der Waals surface area contributed by atoms with Crippen LogP contribution in [0.3, 0.4) is 0 Å². The molecule has 18 heavy (non-hydrogen) atoms. The van der Waals surface area contributed by atoms with Crippen LogP contribution in [-0.4, -0.2) is 0 Å². The van der Waals surface area contributed by atoms with Crippen molar-refractivity contribution < 1.29 is 0 Å². The van der Waals surface area contributed by atoms with Crippen LogP contribution in [0.1, 0.15) is 49.7 Å². The van der Waals surface area contributed by atoms with Crippen LogP contribution in [0.25, 0.3) is 5.57 Å². The van der Waals surface area contributed by atoms with Crippen molar-refractivity contribution in [1.29, 1.82) is 0 Å². The molecule has 0 nitrogen and oxygen atoms in total. The number of halogens is 1. The summed E-state index contributed by atoms with van der Waals surface area (Å²) in [5.41, 5.74) is 4.39. The van der Waals surface area contributed by atoms with Crippen LogP contribution in [0.4, 0.5) is 0 Å². The van der Waals surface area contributed by atoms with Gasteiger partial charge in [0.05, 0.1) is 0 Å². The third-order valence-corrected chi connectivity index (χ3v) is 5.60. The number of rotatable bonds is 1. The molecule has 2 atom stereocenters. The standard InChI is InChI=1S/C17H21Br/c1-12-8-10-13(11-9-12)16-14-6-4-2-3-5-7-15(14)17(16)18/h8-11,14-15H,2-7H2,1H3. The molecule has 2 aliphatic carbocycles. The van der Waals surface area contributed by atoms with Gasteiger partial charge in [-0.2, -0.15) is 0 Å². The highest BCUT2D eigenvalue weighted by molar-refractivity contribution is 9.11. The SMILES string of the molecule is Cc1ccc(C2=C(Br)C3CCCCCCC23)cc1. The van der Waals surface area contributed by atoms with E-state index in [-0.39, 0.29) is 0 Å². The summed E-state index contributed by atoms with van der Waals surface area (Å²) in [6.45, 7) is 2.16. The van der Waals surface area contributed by atoms with Gasteiger partial charge in [-0.3, -0.25) is 0 Å². The van der Waals surface area contributed by atoms with Gasteiger partial charge in [-0.1, -0.05) is 71.4 Å². The molecule has 1 fully saturated rings. The largest absolute Gasteiger partial charge is 0.0587 e. The monoisotopic (exact) mass is 304 g/mol. The molecule has 0 N–H and O–H groups in total. The van der Waals surface area contributed by atoms with Crippen LogP contribution in [-0.2, 0) is 0 Å². The average molecular weight is 305 g/mol. The minimum atomic E-state index is 0.821. The van der Waals surface area contributed by atoms with Crippen LogP contribution < -0.4 is 0 Å². The zero-order valence-electron chi connectivity index (χ0n) is 11.1. The second kappa shape index (κ2) is 5.21. The highest BCUT2D eigenvalue weighted by Crippen LogP contribution is 2.54. The number of aryl methyl sites for hydroxylation is 1. The van der Waals surface area contributed by atoms with E-state index in [4.69, 9.17) is 0 Å². The predicted octanol–water partition coefficient (Wildman–Crippen LogP) is 5.70. The molecule has 0 heterocycles. The molecule has 1 aromatic carbocycles. The van der Waals surface area contributed by atoms with Gasteiger partial charge in [0.15, 0.2) is 0 Å². The van der Waals surface area contributed by atoms with Crippen molar-refractivity contribution in [2.45, 2.75) is 45.4 Å². The van der Waals surface area contributed by atoms with Crippen LogP contribution in [0.5, 0.6) is 0 Å². The second-order valence-electron chi connectivity index (χ2n) is 5.83. The molecule has 96 valence electrons. The summed E-state index contributed by atoms with van der Waals surface area (Å²) in [5.74, 6) is 1.64. The molecular formula is C17H21Br. The first kappa shape index (κ1) is 12.5. The number of hydrogen-bond donors (Lipinski definition) is 0. The highest BCUT2D eigenvalue weighted by atomic mass is 79.9. The van der Waals surface area contributed by atoms with Gasteiger partial charge in [0, 0.05) is 4.48 Å². The third kappa shape index (κ3) is 2.18. The normalized spacial score (nSPS) is 28.1. The van der Waals surface area contributed by atoms with E-state index in [1.807, 2.05) is 0 Å². The maximum absolute atomic E-state index is 3.86. The number of benzene rings is 1. The van der Waals surface area contributed by atoms with Crippen molar-refractivity contribution in [2.24, 2.45) is 11.8 Å². The molecule has 2 unspecified atom stereocenters. The summed E-state index contributed by atoms with van der Waals surface area (Å²) in [7, 11) is 0. The number of fused-ring (bicyclic) bond motifs is 1. The van der Waals surface area contributed by atoms with E-state index < -0.39 is 0 Å². The smallest absolute Gasteiger partial charge is 0.00287 e. The quantitative estimate of drug-likeness (QED) is 0.624. The summed E-state index contributed by atoms with van der Waals surface area (Å²) in [6, 6.07) is 9.06. The lowest BCUT2D eigenvalue weighted by Gasteiger charge is -2.41. The Bertz CT molecular complexity index is 455. The van der Waals surface area contributed by atoms with E-state index in [9.17, 15) is 0 Å². The van der Waals surface area contributed by atoms with E-state index in [1.165, 1.54) is 54.1 Å². The van der Waals surface area contributed by atoms with Crippen LogP contribution >= 0.6 is 15.9 Å². The van der Waals surface area contributed by atoms with Gasteiger partial charge < -0.3 is 0 Å². The Hall–Kier alpha value is -0.560. The van der Waals surface area contributed by atoms with E-state index in [1.54, 1.807) is 5.57 Å². The molecule has 0 bridgehead atoms. The zero-order chi connectivity index (χ0) is 12.5. The van der Waals surface area contributed by atoms with Gasteiger partial charge in [-0.05, 0) is 42.7 Å². The number of hydrogen-bond acceptors (Lipinski definition) is 0. The van der Waals surface area contributed by atoms with E-state index >= 15 is 0 Å². The summed E-state index contributed by atoms with van der Waals surface area (Å²) in [4.78, 5) is 0. The van der Waals surface area contributed by atoms with Crippen molar-refractivity contribution >= 4 is 21.5 Å². The maximum atomic E-state index is 3.86. The molecule has 2 aliphatic rings. The first-order valence-corrected chi connectivity index (χ1v) is 8.03. The fourth-order valence-corrected chi connectivity index (χ4v) is 4.57. The fourth-order valence-electron chi connectivity index (χ4n) is 3.50. The molecular weight excluding hydrogens is 284 g/mol. The molecule has 0 spiro atoms. The fraction of sp³-hybridized carbons (Fsp3) is 0.529. The van der Waals surface area contributed by atoms with Crippen molar-refractivity contribution in [3.05, 3.63) is 39.9 Å². The van der Waals surface area contributed by atoms with Gasteiger partial charge in [0.2, 0.25) is 0 Å². The van der Waals surface area contributed by atoms with Crippen LogP contribution in [0.15, 0.2) is 28.7 Å². The molecule has 1 saturated carbocycles. The molecule has 0 aliphatic heterocycles. The van der Waals surface area contributed by atoms with Crippen molar-refractivity contribution in [1.82, 2.24) is 0 Å². The number of allylic oxidation sites excluding steroid dienone is 2. The Balaban J connectivity index is 1.89. The Labute approximate surface area is 119 Å². The summed E-state index contributed by atoms with van der Waals surface area (Å²) in [6.07, 6.45) is 8.48. The van der Waals surface area contributed by atoms with Gasteiger partial charge in [0.1, 0.15) is 0 Å². The Morgan fingerprint density at radius 2 is 1.50 bits per heavy atom. The van der Waals surface area contributed by atoms with Crippen molar-refractivity contribution in [2.75, 3.05) is 0 Å². The van der Waals surface area contributed by atoms with Crippen LogP contribution in [0.2, 0.25) is 0 Å². The first-order valence-electron chi connectivity index (χ1n) is 7.24. The van der Waals surface area contributed by atoms with Gasteiger partial charge in [-0.15, -0.1) is 0 Å². The molecule has 0 amide bonds. The minimum Gasteiger partial charge on any atom is -0.0587 e. The Morgan fingerprint density at radius 1 is 0.889 bits per heavy atom. The Morgan fingerprint density at radius 3 is 2.17 bits per heavy atom. The Kier molecular flexibility index (Phi) is 3.61. The lowest BCUT2D eigenvalue weighted by Crippen LogP contribution is -2.28. The highest BCUT2D eigenvalue weighted by Gasteiger charge is 2.39. The van der Waals surface area contributed by atoms with Gasteiger partial charge in [0.25, 0.3) is 0 Å². The first-order chi connectivity index (χ1) is 8.77. The molecule has 1 aromatic rings. The predicted molar refractivity (Wildman–Crippen MR) is 81.7 cm³/mol. The van der Waals surface area contributed by atoms with Crippen molar-refractivity contribution in [3.8, 4) is 0 Å². The van der Waals surface area contributed by atoms with Crippen molar-refractivity contribution in [3.63, 3.8) is 0 Å². The summed E-state index contributed by atoms with van der Waals surface area (Å²) >= 11 is 3.86. The molecule has 0 radical (unpaired) electrons. The lowest BCUT2D eigenvalue weighted by molar-refractivity contribution is 0.337. The average Bonchev–Trinajstić information content (AvgIpc) is 2.34. The van der Waals surface area contributed by atoms with E-state index in [0.29, 0.717) is 0 Å². The van der Waals surface area contributed by atoms with Gasteiger partial charge in [-0.25, -0.2) is 0 Å². The second-order valence-corrected chi connectivity index (χ2v) is 6.69. The van der Waals surface area contributed by atoms with Crippen LogP contribution in [0, 0.1) is 18.8 Å². The molecule has 3 rings (SSSR count).